The zero-order valence-electron chi connectivity index (χ0n) is 13.9. The maximum absolute atomic E-state index is 11.4. The third-order valence-electron chi connectivity index (χ3n) is 2.81. The molecule has 7 nitrogen and oxygen atoms in total. The average molecular weight is 453 g/mol. The quantitative estimate of drug-likeness (QED) is 0.525. The first-order chi connectivity index (χ1) is 12.6. The Morgan fingerprint density at radius 2 is 1.39 bits per heavy atom. The second-order valence-corrected chi connectivity index (χ2v) is 8.58. The minimum atomic E-state index is -6.72. The van der Waals surface area contributed by atoms with Crippen molar-refractivity contribution in [2.45, 2.75) is 17.6 Å². The molecule has 0 spiro atoms. The Balaban J connectivity index is 0.000000281. The number of imidazole rings is 1. The van der Waals surface area contributed by atoms with E-state index >= 15 is 0 Å². The van der Waals surface area contributed by atoms with E-state index in [4.69, 9.17) is 0 Å². The van der Waals surface area contributed by atoms with Gasteiger partial charge in [-0.25, -0.2) is 26.0 Å². The standard InChI is InChI=1S/C11H13N2.C2F6NO4S2/c1-12-7-8-13(10-12)9-11-5-3-2-4-6-11;3-1(4,5)14(10,11)9-15(12,13)2(6,7)8/h2-8,10H,9H2,1H3;/q+1;-1. The van der Waals surface area contributed by atoms with Crippen LogP contribution in [-0.2, 0) is 33.6 Å². The van der Waals surface area contributed by atoms with E-state index in [-0.39, 0.29) is 0 Å². The monoisotopic (exact) mass is 453 g/mol. The summed E-state index contributed by atoms with van der Waals surface area (Å²) in [6.07, 6.45) is 6.20. The number of aryl methyl sites for hydroxylation is 1. The predicted octanol–water partition coefficient (Wildman–Crippen LogP) is 2.42. The van der Waals surface area contributed by atoms with Gasteiger partial charge in [-0.3, -0.25) is 0 Å². The summed E-state index contributed by atoms with van der Waals surface area (Å²) in [6, 6.07) is 10.5. The van der Waals surface area contributed by atoms with Gasteiger partial charge in [-0.05, 0) is 5.56 Å². The van der Waals surface area contributed by atoms with E-state index in [2.05, 4.69) is 41.4 Å². The normalized spacial score (nSPS) is 13.0. The van der Waals surface area contributed by atoms with Gasteiger partial charge in [-0.1, -0.05) is 30.3 Å². The Hall–Kier alpha value is -2.13. The Morgan fingerprint density at radius 3 is 1.75 bits per heavy atom. The Morgan fingerprint density at radius 1 is 0.929 bits per heavy atom. The van der Waals surface area contributed by atoms with E-state index in [0.29, 0.717) is 0 Å². The highest BCUT2D eigenvalue weighted by molar-refractivity contribution is 8.13. The van der Waals surface area contributed by atoms with Gasteiger partial charge in [0.25, 0.3) is 0 Å². The van der Waals surface area contributed by atoms with Crippen LogP contribution in [0.5, 0.6) is 0 Å². The van der Waals surface area contributed by atoms with E-state index in [1.54, 1.807) is 0 Å². The van der Waals surface area contributed by atoms with Crippen LogP contribution in [0.15, 0.2) is 49.1 Å². The van der Waals surface area contributed by atoms with Gasteiger partial charge in [0.15, 0.2) is 20.0 Å². The smallest absolute Gasteiger partial charge is 0.421 e. The number of hydrogen-bond donors (Lipinski definition) is 0. The lowest BCUT2D eigenvalue weighted by molar-refractivity contribution is -0.671. The molecule has 0 saturated heterocycles. The fourth-order valence-electron chi connectivity index (χ4n) is 1.60. The van der Waals surface area contributed by atoms with Gasteiger partial charge in [0, 0.05) is 0 Å². The van der Waals surface area contributed by atoms with Gasteiger partial charge in [0.2, 0.25) is 6.33 Å². The number of aromatic nitrogens is 2. The highest BCUT2D eigenvalue weighted by Gasteiger charge is 2.46. The van der Waals surface area contributed by atoms with Crippen LogP contribution in [0.2, 0.25) is 0 Å². The molecule has 2 aromatic rings. The first kappa shape index (κ1) is 23.9. The van der Waals surface area contributed by atoms with Crippen molar-refractivity contribution in [1.29, 1.82) is 0 Å². The lowest BCUT2D eigenvalue weighted by Gasteiger charge is -2.22. The van der Waals surface area contributed by atoms with Gasteiger partial charge in [-0.2, -0.15) is 26.3 Å². The summed E-state index contributed by atoms with van der Waals surface area (Å²) < 4.78 is 113. The number of hydrogen-bond acceptors (Lipinski definition) is 4. The molecule has 0 amide bonds. The van der Waals surface area contributed by atoms with Crippen LogP contribution in [0.1, 0.15) is 5.56 Å². The molecule has 1 aromatic heterocycles. The molecular formula is C13H13F6N3O4S2. The molecule has 0 saturated carbocycles. The first-order valence-electron chi connectivity index (χ1n) is 6.97. The minimum Gasteiger partial charge on any atom is -0.421 e. The molecule has 0 radical (unpaired) electrons. The van der Waals surface area contributed by atoms with E-state index in [9.17, 15) is 43.2 Å². The van der Waals surface area contributed by atoms with Crippen molar-refractivity contribution in [2.75, 3.05) is 0 Å². The fraction of sp³-hybridized carbons (Fsp3) is 0.308. The van der Waals surface area contributed by atoms with Crippen molar-refractivity contribution in [3.8, 4) is 0 Å². The summed E-state index contributed by atoms with van der Waals surface area (Å²) in [7, 11) is -11.4. The molecule has 1 aromatic carbocycles. The predicted molar refractivity (Wildman–Crippen MR) is 84.5 cm³/mol. The molecule has 28 heavy (non-hydrogen) atoms. The fourth-order valence-corrected chi connectivity index (χ4v) is 3.31. The molecule has 0 N–H and O–H groups in total. The number of nitrogens with zero attached hydrogens (tertiary/aromatic N) is 3. The molecule has 2 rings (SSSR count). The summed E-state index contributed by atoms with van der Waals surface area (Å²) in [6.45, 7) is 0.946. The van der Waals surface area contributed by atoms with Gasteiger partial charge >= 0.3 is 11.0 Å². The van der Waals surface area contributed by atoms with E-state index < -0.39 is 31.1 Å². The summed E-state index contributed by atoms with van der Waals surface area (Å²) in [5.41, 5.74) is -11.1. The topological polar surface area (TPSA) is 91.2 Å². The third kappa shape index (κ3) is 6.79. The molecule has 15 heteroatoms. The van der Waals surface area contributed by atoms with Crippen molar-refractivity contribution in [2.24, 2.45) is 7.05 Å². The zero-order chi connectivity index (χ0) is 21.8. The number of benzene rings is 1. The SMILES string of the molecule is C[n+]1ccn(Cc2ccccc2)c1.O=S(=O)([N-]S(=O)(=O)C(F)(F)F)C(F)(F)F. The van der Waals surface area contributed by atoms with Crippen LogP contribution in [0.3, 0.4) is 0 Å². The lowest BCUT2D eigenvalue weighted by Crippen LogP contribution is -2.30. The molecule has 1 heterocycles. The van der Waals surface area contributed by atoms with Crippen LogP contribution in [0.25, 0.3) is 4.13 Å². The van der Waals surface area contributed by atoms with E-state index in [1.807, 2.05) is 23.9 Å². The second-order valence-electron chi connectivity index (χ2n) is 5.15. The van der Waals surface area contributed by atoms with Crippen LogP contribution in [0, 0.1) is 0 Å². The second kappa shape index (κ2) is 8.48. The summed E-state index contributed by atoms with van der Waals surface area (Å²) in [5.74, 6) is 0. The van der Waals surface area contributed by atoms with Crippen molar-refractivity contribution in [1.82, 2.24) is 4.57 Å². The molecule has 0 atom stereocenters. The summed E-state index contributed by atoms with van der Waals surface area (Å²) in [5, 5.41) is 0. The molecule has 0 aliphatic rings. The van der Waals surface area contributed by atoms with Crippen LogP contribution < -0.4 is 4.57 Å². The maximum Gasteiger partial charge on any atom is 0.480 e. The molecule has 158 valence electrons. The molecule has 0 bridgehead atoms. The number of rotatable bonds is 4. The van der Waals surface area contributed by atoms with Crippen LogP contribution in [0.4, 0.5) is 26.3 Å². The summed E-state index contributed by atoms with van der Waals surface area (Å²) in [4.78, 5) is 0. The van der Waals surface area contributed by atoms with Crippen molar-refractivity contribution < 1.29 is 47.7 Å². The lowest BCUT2D eigenvalue weighted by atomic mass is 10.2. The summed E-state index contributed by atoms with van der Waals surface area (Å²) >= 11 is 0. The number of alkyl halides is 6. The maximum atomic E-state index is 11.4. The number of halogens is 6. The van der Waals surface area contributed by atoms with Crippen molar-refractivity contribution >= 4 is 20.0 Å². The third-order valence-corrected chi connectivity index (χ3v) is 5.55. The first-order valence-corrected chi connectivity index (χ1v) is 9.85. The highest BCUT2D eigenvalue weighted by Crippen LogP contribution is 2.36. The molecule has 0 unspecified atom stereocenters. The van der Waals surface area contributed by atoms with E-state index in [0.717, 1.165) is 10.7 Å². The van der Waals surface area contributed by atoms with Crippen LogP contribution in [-0.4, -0.2) is 32.4 Å². The van der Waals surface area contributed by atoms with Gasteiger partial charge < -0.3 is 4.13 Å². The molecule has 0 aliphatic carbocycles. The Labute approximate surface area is 156 Å². The van der Waals surface area contributed by atoms with E-state index in [1.165, 1.54) is 5.56 Å². The van der Waals surface area contributed by atoms with Gasteiger partial charge in [0.05, 0.1) is 7.05 Å². The van der Waals surface area contributed by atoms with Gasteiger partial charge in [-0.15, -0.1) is 0 Å². The molecular weight excluding hydrogens is 440 g/mol. The van der Waals surface area contributed by atoms with Crippen LogP contribution >= 0.6 is 0 Å². The Kier molecular flexibility index (Phi) is 7.24. The highest BCUT2D eigenvalue weighted by atomic mass is 32.3. The Bertz CT molecular complexity index is 941. The minimum absolute atomic E-state index is 0.778. The average Bonchev–Trinajstić information content (AvgIpc) is 2.91. The zero-order valence-corrected chi connectivity index (χ0v) is 15.5. The van der Waals surface area contributed by atoms with Crippen molar-refractivity contribution in [3.63, 3.8) is 0 Å². The molecule has 0 fully saturated rings. The van der Waals surface area contributed by atoms with Gasteiger partial charge in [0.1, 0.15) is 18.9 Å². The van der Waals surface area contributed by atoms with Crippen molar-refractivity contribution in [3.05, 3.63) is 58.7 Å². The number of sulfonamides is 2. The molecule has 0 aliphatic heterocycles. The largest absolute Gasteiger partial charge is 0.480 e.